The van der Waals surface area contributed by atoms with Gasteiger partial charge in [0.25, 0.3) is 5.91 Å². The standard InChI is InChI=1S/C21H20FN3O2/c1-13-18(20(26)23-16-8-3-2-4-9-16)19(14-6-5-7-15(22)12-14)24-21(27)25(13)17-10-11-17/h2-9,12,17,19H,10-11H2,1H3,(H,23,26)(H,24,27)/t19-/m0/s1. The predicted molar refractivity (Wildman–Crippen MR) is 100 cm³/mol. The van der Waals surface area contributed by atoms with Crippen LogP contribution in [0.5, 0.6) is 0 Å². The number of halogens is 1. The summed E-state index contributed by atoms with van der Waals surface area (Å²) < 4.78 is 13.8. The summed E-state index contributed by atoms with van der Waals surface area (Å²) >= 11 is 0. The van der Waals surface area contributed by atoms with E-state index in [2.05, 4.69) is 10.6 Å². The minimum atomic E-state index is -0.702. The molecular formula is C21H20FN3O2. The number of para-hydroxylation sites is 1. The van der Waals surface area contributed by atoms with Crippen LogP contribution in [0.25, 0.3) is 0 Å². The molecule has 2 N–H and O–H groups in total. The van der Waals surface area contributed by atoms with E-state index in [0.717, 1.165) is 12.8 Å². The third kappa shape index (κ3) is 3.43. The topological polar surface area (TPSA) is 61.4 Å². The Morgan fingerprint density at radius 3 is 2.56 bits per heavy atom. The Morgan fingerprint density at radius 1 is 1.15 bits per heavy atom. The zero-order chi connectivity index (χ0) is 19.0. The highest BCUT2D eigenvalue weighted by atomic mass is 19.1. The van der Waals surface area contributed by atoms with Crippen molar-refractivity contribution >= 4 is 17.6 Å². The van der Waals surface area contributed by atoms with Crippen molar-refractivity contribution in [2.24, 2.45) is 0 Å². The van der Waals surface area contributed by atoms with Crippen LogP contribution in [0.3, 0.4) is 0 Å². The summed E-state index contributed by atoms with van der Waals surface area (Å²) in [5.41, 5.74) is 2.24. The fourth-order valence-corrected chi connectivity index (χ4v) is 3.48. The molecule has 4 rings (SSSR count). The fourth-order valence-electron chi connectivity index (χ4n) is 3.48. The molecule has 0 radical (unpaired) electrons. The summed E-state index contributed by atoms with van der Waals surface area (Å²) in [5, 5.41) is 5.76. The van der Waals surface area contributed by atoms with Crippen molar-refractivity contribution in [3.8, 4) is 0 Å². The first-order valence-corrected chi connectivity index (χ1v) is 8.97. The Bertz CT molecular complexity index is 922. The Morgan fingerprint density at radius 2 is 1.89 bits per heavy atom. The summed E-state index contributed by atoms with van der Waals surface area (Å²) in [5.74, 6) is -0.717. The summed E-state index contributed by atoms with van der Waals surface area (Å²) in [4.78, 5) is 27.4. The van der Waals surface area contributed by atoms with Crippen molar-refractivity contribution in [1.29, 1.82) is 0 Å². The number of allylic oxidation sites excluding steroid dienone is 1. The number of hydrogen-bond donors (Lipinski definition) is 2. The highest BCUT2D eigenvalue weighted by Crippen LogP contribution is 2.37. The zero-order valence-corrected chi connectivity index (χ0v) is 14.9. The van der Waals surface area contributed by atoms with Gasteiger partial charge in [-0.15, -0.1) is 0 Å². The van der Waals surface area contributed by atoms with E-state index in [4.69, 9.17) is 0 Å². The van der Waals surface area contributed by atoms with Crippen LogP contribution in [0.1, 0.15) is 31.4 Å². The number of rotatable bonds is 4. The van der Waals surface area contributed by atoms with Gasteiger partial charge in [0.15, 0.2) is 0 Å². The normalized spacial score (nSPS) is 19.7. The third-order valence-corrected chi connectivity index (χ3v) is 4.90. The van der Waals surface area contributed by atoms with Crippen LogP contribution in [0, 0.1) is 5.82 Å². The second-order valence-electron chi connectivity index (χ2n) is 6.86. The molecule has 1 saturated carbocycles. The van der Waals surface area contributed by atoms with Gasteiger partial charge in [0.2, 0.25) is 0 Å². The average Bonchev–Trinajstić information content (AvgIpc) is 3.47. The minimum absolute atomic E-state index is 0.123. The molecule has 1 aliphatic carbocycles. The lowest BCUT2D eigenvalue weighted by atomic mass is 9.94. The van der Waals surface area contributed by atoms with Crippen LogP contribution in [-0.4, -0.2) is 22.9 Å². The fraction of sp³-hybridized carbons (Fsp3) is 0.238. The smallest absolute Gasteiger partial charge is 0.322 e. The molecule has 27 heavy (non-hydrogen) atoms. The highest BCUT2D eigenvalue weighted by Gasteiger charge is 2.42. The molecule has 2 aromatic rings. The molecule has 0 bridgehead atoms. The van der Waals surface area contributed by atoms with Gasteiger partial charge in [-0.1, -0.05) is 30.3 Å². The second kappa shape index (κ2) is 6.87. The number of urea groups is 1. The molecule has 138 valence electrons. The van der Waals surface area contributed by atoms with E-state index in [0.29, 0.717) is 22.5 Å². The number of anilines is 1. The monoisotopic (exact) mass is 365 g/mol. The van der Waals surface area contributed by atoms with E-state index in [1.807, 2.05) is 18.2 Å². The number of carbonyl (C=O) groups is 2. The van der Waals surface area contributed by atoms with E-state index in [1.165, 1.54) is 12.1 Å². The van der Waals surface area contributed by atoms with E-state index in [9.17, 15) is 14.0 Å². The van der Waals surface area contributed by atoms with Gasteiger partial charge in [0, 0.05) is 17.4 Å². The Hall–Kier alpha value is -3.15. The Labute approximate surface area is 156 Å². The third-order valence-electron chi connectivity index (χ3n) is 4.90. The molecule has 0 spiro atoms. The molecule has 1 fully saturated rings. The summed E-state index contributed by atoms with van der Waals surface area (Å²) in [6.07, 6.45) is 1.84. The molecule has 1 atom stereocenters. The van der Waals surface area contributed by atoms with E-state index in [-0.39, 0.29) is 18.0 Å². The quantitative estimate of drug-likeness (QED) is 0.861. The maximum Gasteiger partial charge on any atom is 0.322 e. The molecule has 1 heterocycles. The lowest BCUT2D eigenvalue weighted by Crippen LogP contribution is -2.49. The van der Waals surface area contributed by atoms with Gasteiger partial charge < -0.3 is 10.6 Å². The number of hydrogen-bond acceptors (Lipinski definition) is 2. The van der Waals surface area contributed by atoms with Crippen molar-refractivity contribution < 1.29 is 14.0 Å². The van der Waals surface area contributed by atoms with Crippen LogP contribution in [0.15, 0.2) is 65.9 Å². The first-order valence-electron chi connectivity index (χ1n) is 8.97. The van der Waals surface area contributed by atoms with E-state index >= 15 is 0 Å². The lowest BCUT2D eigenvalue weighted by molar-refractivity contribution is -0.113. The van der Waals surface area contributed by atoms with Crippen molar-refractivity contribution in [1.82, 2.24) is 10.2 Å². The Kier molecular flexibility index (Phi) is 4.39. The van der Waals surface area contributed by atoms with Gasteiger partial charge in [-0.3, -0.25) is 9.69 Å². The largest absolute Gasteiger partial charge is 0.326 e. The molecule has 0 unspecified atom stereocenters. The maximum absolute atomic E-state index is 13.8. The average molecular weight is 365 g/mol. The van der Waals surface area contributed by atoms with Crippen LogP contribution in [-0.2, 0) is 4.79 Å². The number of nitrogens with zero attached hydrogens (tertiary/aromatic N) is 1. The molecular weight excluding hydrogens is 345 g/mol. The second-order valence-corrected chi connectivity index (χ2v) is 6.86. The first-order chi connectivity index (χ1) is 13.0. The van der Waals surface area contributed by atoms with Gasteiger partial charge in [0.05, 0.1) is 11.6 Å². The molecule has 0 saturated heterocycles. The van der Waals surface area contributed by atoms with Crippen molar-refractivity contribution in [3.63, 3.8) is 0 Å². The number of amides is 3. The highest BCUT2D eigenvalue weighted by molar-refractivity contribution is 6.06. The van der Waals surface area contributed by atoms with Crippen molar-refractivity contribution in [2.45, 2.75) is 31.8 Å². The van der Waals surface area contributed by atoms with Crippen molar-refractivity contribution in [3.05, 3.63) is 77.2 Å². The van der Waals surface area contributed by atoms with Crippen LogP contribution < -0.4 is 10.6 Å². The van der Waals surface area contributed by atoms with Crippen LogP contribution in [0.2, 0.25) is 0 Å². The van der Waals surface area contributed by atoms with Crippen LogP contribution >= 0.6 is 0 Å². The van der Waals surface area contributed by atoms with Gasteiger partial charge in [0.1, 0.15) is 5.82 Å². The maximum atomic E-state index is 13.8. The molecule has 6 heteroatoms. The molecule has 3 amide bonds. The minimum Gasteiger partial charge on any atom is -0.326 e. The van der Waals surface area contributed by atoms with Gasteiger partial charge in [-0.25, -0.2) is 9.18 Å². The van der Waals surface area contributed by atoms with Crippen LogP contribution in [0.4, 0.5) is 14.9 Å². The molecule has 2 aliphatic rings. The SMILES string of the molecule is CC1=C(C(=O)Nc2ccccc2)[C@H](c2cccc(F)c2)NC(=O)N1C1CC1. The lowest BCUT2D eigenvalue weighted by Gasteiger charge is -2.36. The zero-order valence-electron chi connectivity index (χ0n) is 14.9. The van der Waals surface area contributed by atoms with Crippen molar-refractivity contribution in [2.75, 3.05) is 5.32 Å². The molecule has 0 aromatic heterocycles. The van der Waals surface area contributed by atoms with E-state index in [1.54, 1.807) is 36.1 Å². The summed E-state index contributed by atoms with van der Waals surface area (Å²) in [6, 6.07) is 14.3. The summed E-state index contributed by atoms with van der Waals surface area (Å²) in [7, 11) is 0. The number of nitrogens with one attached hydrogen (secondary N) is 2. The van der Waals surface area contributed by atoms with E-state index < -0.39 is 11.9 Å². The number of benzene rings is 2. The molecule has 5 nitrogen and oxygen atoms in total. The van der Waals surface area contributed by atoms with Gasteiger partial charge >= 0.3 is 6.03 Å². The van der Waals surface area contributed by atoms with Gasteiger partial charge in [-0.05, 0) is 49.6 Å². The molecule has 2 aromatic carbocycles. The number of carbonyl (C=O) groups excluding carboxylic acids is 2. The van der Waals surface area contributed by atoms with Gasteiger partial charge in [-0.2, -0.15) is 0 Å². The Balaban J connectivity index is 1.75. The first kappa shape index (κ1) is 17.3. The predicted octanol–water partition coefficient (Wildman–Crippen LogP) is 3.97. The summed E-state index contributed by atoms with van der Waals surface area (Å²) in [6.45, 7) is 1.78. The molecule has 1 aliphatic heterocycles.